The molecule has 0 aliphatic carbocycles. The maximum absolute atomic E-state index is 10.3. The number of fused-ring (bicyclic) bond motifs is 1. The van der Waals surface area contributed by atoms with E-state index in [0.29, 0.717) is 6.61 Å². The fourth-order valence-electron chi connectivity index (χ4n) is 1.55. The number of unbranched alkanes of at least 4 members (excludes halogenated alkanes) is 3. The van der Waals surface area contributed by atoms with Crippen molar-refractivity contribution in [1.29, 1.82) is 0 Å². The molecule has 2 aromatic rings. The summed E-state index contributed by atoms with van der Waals surface area (Å²) in [6.07, 6.45) is 4.64. The van der Waals surface area contributed by atoms with Crippen LogP contribution in [0.4, 0.5) is 0 Å². The second-order valence-electron chi connectivity index (χ2n) is 4.22. The van der Waals surface area contributed by atoms with Gasteiger partial charge in [0.15, 0.2) is 0 Å². The topological polar surface area (TPSA) is 39.2 Å². The molecule has 0 aliphatic heterocycles. The van der Waals surface area contributed by atoms with Crippen molar-refractivity contribution in [3.8, 4) is 0 Å². The van der Waals surface area contributed by atoms with E-state index in [9.17, 15) is 4.79 Å². The normalized spacial score (nSPS) is 9.79. The summed E-state index contributed by atoms with van der Waals surface area (Å²) in [5.41, 5.74) is 2.97. The maximum atomic E-state index is 10.3. The molecule has 2 rings (SSSR count). The van der Waals surface area contributed by atoms with Gasteiger partial charge in [-0.15, -0.1) is 11.3 Å². The minimum absolute atomic E-state index is 0.170. The summed E-state index contributed by atoms with van der Waals surface area (Å²) in [6.45, 7) is 4.20. The SMILES string of the molecule is CCCCCCOC(C)=O.c1ccc2scnc2c1. The van der Waals surface area contributed by atoms with Crippen LogP contribution in [0, 0.1) is 0 Å². The molecular formula is C15H21NO2S. The number of benzene rings is 1. The molecule has 0 saturated carbocycles. The van der Waals surface area contributed by atoms with Gasteiger partial charge in [0.1, 0.15) is 0 Å². The number of hydrogen-bond donors (Lipinski definition) is 0. The Morgan fingerprint density at radius 1 is 1.26 bits per heavy atom. The lowest BCUT2D eigenvalue weighted by atomic mass is 10.2. The Morgan fingerprint density at radius 2 is 2.05 bits per heavy atom. The van der Waals surface area contributed by atoms with E-state index in [1.807, 2.05) is 23.7 Å². The molecule has 19 heavy (non-hydrogen) atoms. The van der Waals surface area contributed by atoms with Crippen molar-refractivity contribution < 1.29 is 9.53 Å². The van der Waals surface area contributed by atoms with Crippen LogP contribution >= 0.6 is 11.3 Å². The molecule has 0 amide bonds. The summed E-state index contributed by atoms with van der Waals surface area (Å²) < 4.78 is 6.01. The van der Waals surface area contributed by atoms with Crippen LogP contribution in [0.3, 0.4) is 0 Å². The first-order valence-electron chi connectivity index (χ1n) is 6.65. The molecule has 0 aliphatic rings. The van der Waals surface area contributed by atoms with E-state index < -0.39 is 0 Å². The Hall–Kier alpha value is -1.42. The second-order valence-corrected chi connectivity index (χ2v) is 5.11. The largest absolute Gasteiger partial charge is 0.466 e. The molecule has 0 saturated heterocycles. The van der Waals surface area contributed by atoms with E-state index in [-0.39, 0.29) is 5.97 Å². The minimum Gasteiger partial charge on any atom is -0.466 e. The van der Waals surface area contributed by atoms with Crippen LogP contribution in [0.5, 0.6) is 0 Å². The summed E-state index contributed by atoms with van der Waals surface area (Å²) >= 11 is 1.68. The van der Waals surface area contributed by atoms with Gasteiger partial charge in [-0.1, -0.05) is 38.3 Å². The standard InChI is InChI=1S/C8H16O2.C7H5NS/c1-3-4-5-6-7-10-8(2)9;1-2-4-7-6(3-1)8-5-9-7/h3-7H2,1-2H3;1-5H. The predicted octanol–water partition coefficient (Wildman–Crippen LogP) is 4.43. The molecule has 0 N–H and O–H groups in total. The number of rotatable bonds is 5. The number of carbonyl (C=O) groups is 1. The van der Waals surface area contributed by atoms with Crippen LogP contribution in [0.1, 0.15) is 39.5 Å². The third-order valence-electron chi connectivity index (χ3n) is 2.54. The molecule has 0 spiro atoms. The zero-order valence-electron chi connectivity index (χ0n) is 11.6. The maximum Gasteiger partial charge on any atom is 0.302 e. The van der Waals surface area contributed by atoms with Gasteiger partial charge in [0.25, 0.3) is 0 Å². The molecule has 104 valence electrons. The smallest absolute Gasteiger partial charge is 0.302 e. The molecule has 4 heteroatoms. The molecule has 0 radical (unpaired) electrons. The number of hydrogen-bond acceptors (Lipinski definition) is 4. The highest BCUT2D eigenvalue weighted by molar-refractivity contribution is 7.16. The second kappa shape index (κ2) is 9.50. The zero-order valence-corrected chi connectivity index (χ0v) is 12.4. The van der Waals surface area contributed by atoms with Crippen LogP contribution in [0.2, 0.25) is 0 Å². The molecule has 1 heterocycles. The van der Waals surface area contributed by atoms with Gasteiger partial charge in [-0.2, -0.15) is 0 Å². The molecule has 0 fully saturated rings. The molecule has 0 bridgehead atoms. The highest BCUT2D eigenvalue weighted by atomic mass is 32.1. The van der Waals surface area contributed by atoms with Gasteiger partial charge in [-0.25, -0.2) is 4.98 Å². The van der Waals surface area contributed by atoms with Crippen LogP contribution in [-0.2, 0) is 9.53 Å². The van der Waals surface area contributed by atoms with Gasteiger partial charge in [-0.05, 0) is 18.6 Å². The van der Waals surface area contributed by atoms with Crippen LogP contribution < -0.4 is 0 Å². The Balaban J connectivity index is 0.000000190. The zero-order chi connectivity index (χ0) is 13.9. The van der Waals surface area contributed by atoms with E-state index in [4.69, 9.17) is 4.74 Å². The third kappa shape index (κ3) is 6.91. The lowest BCUT2D eigenvalue weighted by Crippen LogP contribution is -1.99. The number of esters is 1. The average Bonchev–Trinajstić information content (AvgIpc) is 2.87. The molecule has 1 aromatic heterocycles. The summed E-state index contributed by atoms with van der Waals surface area (Å²) in [7, 11) is 0. The summed E-state index contributed by atoms with van der Waals surface area (Å²) in [5, 5.41) is 0. The Morgan fingerprint density at radius 3 is 2.74 bits per heavy atom. The van der Waals surface area contributed by atoms with E-state index in [0.717, 1.165) is 11.9 Å². The van der Waals surface area contributed by atoms with Crippen LogP contribution in [-0.4, -0.2) is 17.6 Å². The van der Waals surface area contributed by atoms with Crippen molar-refractivity contribution in [1.82, 2.24) is 4.98 Å². The summed E-state index contributed by atoms with van der Waals surface area (Å²) in [6, 6.07) is 8.13. The van der Waals surface area contributed by atoms with Crippen molar-refractivity contribution in [2.45, 2.75) is 39.5 Å². The van der Waals surface area contributed by atoms with Crippen molar-refractivity contribution >= 4 is 27.5 Å². The van der Waals surface area contributed by atoms with Crippen molar-refractivity contribution in [3.05, 3.63) is 29.8 Å². The van der Waals surface area contributed by atoms with E-state index >= 15 is 0 Å². The fourth-order valence-corrected chi connectivity index (χ4v) is 2.23. The minimum atomic E-state index is -0.170. The first kappa shape index (κ1) is 15.6. The highest BCUT2D eigenvalue weighted by Crippen LogP contribution is 2.15. The van der Waals surface area contributed by atoms with E-state index in [1.54, 1.807) is 11.3 Å². The van der Waals surface area contributed by atoms with Crippen molar-refractivity contribution in [2.24, 2.45) is 0 Å². The van der Waals surface area contributed by atoms with Gasteiger partial charge >= 0.3 is 5.97 Å². The van der Waals surface area contributed by atoms with Gasteiger partial charge in [0, 0.05) is 6.92 Å². The number of thiazole rings is 1. The number of aromatic nitrogens is 1. The molecule has 0 atom stereocenters. The first-order chi connectivity index (χ1) is 9.24. The lowest BCUT2D eigenvalue weighted by molar-refractivity contribution is -0.141. The molecule has 3 nitrogen and oxygen atoms in total. The van der Waals surface area contributed by atoms with Crippen molar-refractivity contribution in [3.63, 3.8) is 0 Å². The number of ether oxygens (including phenoxy) is 1. The van der Waals surface area contributed by atoms with Crippen LogP contribution in [0.25, 0.3) is 10.2 Å². The third-order valence-corrected chi connectivity index (χ3v) is 3.35. The van der Waals surface area contributed by atoms with Gasteiger partial charge < -0.3 is 4.74 Å². The monoisotopic (exact) mass is 279 g/mol. The molecule has 1 aromatic carbocycles. The van der Waals surface area contributed by atoms with Gasteiger partial charge in [-0.3, -0.25) is 4.79 Å². The summed E-state index contributed by atoms with van der Waals surface area (Å²) in [4.78, 5) is 14.4. The number of carbonyl (C=O) groups excluding carboxylic acids is 1. The van der Waals surface area contributed by atoms with Crippen LogP contribution in [0.15, 0.2) is 29.8 Å². The highest BCUT2D eigenvalue weighted by Gasteiger charge is 1.91. The molecule has 0 unspecified atom stereocenters. The Kier molecular flexibility index (Phi) is 7.82. The fraction of sp³-hybridized carbons (Fsp3) is 0.467. The Bertz CT molecular complexity index is 451. The lowest BCUT2D eigenvalue weighted by Gasteiger charge is -1.99. The number of nitrogens with zero attached hydrogens (tertiary/aromatic N) is 1. The average molecular weight is 279 g/mol. The van der Waals surface area contributed by atoms with E-state index in [1.165, 1.54) is 30.9 Å². The number of para-hydroxylation sites is 1. The summed E-state index contributed by atoms with van der Waals surface area (Å²) in [5.74, 6) is -0.170. The van der Waals surface area contributed by atoms with Gasteiger partial charge in [0.05, 0.1) is 22.3 Å². The quantitative estimate of drug-likeness (QED) is 0.600. The van der Waals surface area contributed by atoms with Crippen molar-refractivity contribution in [2.75, 3.05) is 6.61 Å². The van der Waals surface area contributed by atoms with Gasteiger partial charge in [0.2, 0.25) is 0 Å². The Labute approximate surface area is 118 Å². The predicted molar refractivity (Wildman–Crippen MR) is 80.4 cm³/mol. The molecular weight excluding hydrogens is 258 g/mol. The first-order valence-corrected chi connectivity index (χ1v) is 7.53. The van der Waals surface area contributed by atoms with E-state index in [2.05, 4.69) is 18.0 Å².